The molecule has 0 spiro atoms. The molecule has 4 rings (SSSR count). The van der Waals surface area contributed by atoms with Gasteiger partial charge in [0.15, 0.2) is 0 Å². The van der Waals surface area contributed by atoms with Crippen LogP contribution in [0.3, 0.4) is 0 Å². The van der Waals surface area contributed by atoms with Crippen molar-refractivity contribution in [1.82, 2.24) is 14.9 Å². The fraction of sp³-hybridized carbons (Fsp3) is 0.227. The number of aromatic nitrogens is 2. The zero-order valence-electron chi connectivity index (χ0n) is 16.0. The molecule has 1 amide bonds. The van der Waals surface area contributed by atoms with Gasteiger partial charge in [0.05, 0.1) is 11.7 Å². The van der Waals surface area contributed by atoms with Crippen LogP contribution in [0.4, 0.5) is 0 Å². The molecular formula is C22H21N3O2S2. The smallest absolute Gasteiger partial charge is 0.263 e. The molecule has 0 aliphatic carbocycles. The van der Waals surface area contributed by atoms with Gasteiger partial charge in [0.1, 0.15) is 11.4 Å². The molecule has 0 saturated heterocycles. The number of carbonyl (C=O) groups excluding carboxylic acids is 1. The van der Waals surface area contributed by atoms with Gasteiger partial charge in [-0.2, -0.15) is 0 Å². The number of aryl methyl sites for hydroxylation is 1. The third kappa shape index (κ3) is 4.46. The topological polar surface area (TPSA) is 64.0 Å². The number of rotatable bonds is 7. The lowest BCUT2D eigenvalue weighted by atomic mass is 10.1. The van der Waals surface area contributed by atoms with Gasteiger partial charge in [-0.15, -0.1) is 22.7 Å². The standard InChI is InChI=1S/C22H21N3O2S2/c1-15(9-10-16-6-3-2-4-7-16)24-19(26)12-25-14-23-21-20(22(25)27)17(13-29-21)18-8-5-11-28-18/h2-8,11,13-15H,9-10,12H2,1H3,(H,24,26)/t15-/m1/s1. The number of amides is 1. The first-order chi connectivity index (χ1) is 14.1. The monoisotopic (exact) mass is 423 g/mol. The van der Waals surface area contributed by atoms with Crippen LogP contribution in [0.1, 0.15) is 18.9 Å². The van der Waals surface area contributed by atoms with Crippen LogP contribution in [0.2, 0.25) is 0 Å². The Kier molecular flexibility index (Phi) is 5.87. The summed E-state index contributed by atoms with van der Waals surface area (Å²) < 4.78 is 1.39. The predicted molar refractivity (Wildman–Crippen MR) is 120 cm³/mol. The molecule has 148 valence electrons. The van der Waals surface area contributed by atoms with E-state index in [1.165, 1.54) is 27.8 Å². The Labute approximate surface area is 176 Å². The van der Waals surface area contributed by atoms with Gasteiger partial charge in [-0.05, 0) is 36.8 Å². The summed E-state index contributed by atoms with van der Waals surface area (Å²) in [5.74, 6) is -0.179. The molecule has 1 atom stereocenters. The van der Waals surface area contributed by atoms with Crippen molar-refractivity contribution in [2.45, 2.75) is 32.4 Å². The summed E-state index contributed by atoms with van der Waals surface area (Å²) in [5.41, 5.74) is 1.97. The van der Waals surface area contributed by atoms with Crippen molar-refractivity contribution in [2.24, 2.45) is 0 Å². The summed E-state index contributed by atoms with van der Waals surface area (Å²) in [6.45, 7) is 1.95. The van der Waals surface area contributed by atoms with Crippen LogP contribution in [0.15, 0.2) is 64.3 Å². The van der Waals surface area contributed by atoms with Gasteiger partial charge in [0.2, 0.25) is 5.91 Å². The van der Waals surface area contributed by atoms with Gasteiger partial charge in [-0.3, -0.25) is 14.2 Å². The van der Waals surface area contributed by atoms with E-state index >= 15 is 0 Å². The van der Waals surface area contributed by atoms with Crippen molar-refractivity contribution in [3.05, 3.63) is 75.5 Å². The molecule has 0 unspecified atom stereocenters. The average molecular weight is 424 g/mol. The van der Waals surface area contributed by atoms with E-state index in [9.17, 15) is 9.59 Å². The van der Waals surface area contributed by atoms with E-state index < -0.39 is 0 Å². The number of hydrogen-bond acceptors (Lipinski definition) is 5. The lowest BCUT2D eigenvalue weighted by Gasteiger charge is -2.14. The quantitative estimate of drug-likeness (QED) is 0.481. The van der Waals surface area contributed by atoms with E-state index in [4.69, 9.17) is 0 Å². The number of fused-ring (bicyclic) bond motifs is 1. The largest absolute Gasteiger partial charge is 0.352 e. The Morgan fingerprint density at radius 3 is 2.76 bits per heavy atom. The number of nitrogens with zero attached hydrogens (tertiary/aromatic N) is 2. The molecule has 3 heterocycles. The van der Waals surface area contributed by atoms with E-state index in [2.05, 4.69) is 22.4 Å². The van der Waals surface area contributed by atoms with Crippen LogP contribution >= 0.6 is 22.7 Å². The maximum atomic E-state index is 13.0. The lowest BCUT2D eigenvalue weighted by Crippen LogP contribution is -2.37. The van der Waals surface area contributed by atoms with Crippen LogP contribution in [-0.2, 0) is 17.8 Å². The second kappa shape index (κ2) is 8.71. The summed E-state index contributed by atoms with van der Waals surface area (Å²) in [7, 11) is 0. The van der Waals surface area contributed by atoms with Gasteiger partial charge in [-0.1, -0.05) is 36.4 Å². The first-order valence-electron chi connectivity index (χ1n) is 9.45. The highest BCUT2D eigenvalue weighted by Crippen LogP contribution is 2.33. The van der Waals surface area contributed by atoms with Crippen molar-refractivity contribution >= 4 is 38.8 Å². The second-order valence-electron chi connectivity index (χ2n) is 6.98. The Balaban J connectivity index is 1.45. The van der Waals surface area contributed by atoms with Crippen LogP contribution in [0.5, 0.6) is 0 Å². The molecular weight excluding hydrogens is 402 g/mol. The summed E-state index contributed by atoms with van der Waals surface area (Å²) in [6, 6.07) is 14.2. The van der Waals surface area contributed by atoms with Gasteiger partial charge < -0.3 is 5.32 Å². The number of nitrogens with one attached hydrogen (secondary N) is 1. The summed E-state index contributed by atoms with van der Waals surface area (Å²) >= 11 is 3.04. The van der Waals surface area contributed by atoms with Gasteiger partial charge >= 0.3 is 0 Å². The second-order valence-corrected chi connectivity index (χ2v) is 8.78. The van der Waals surface area contributed by atoms with E-state index in [1.54, 1.807) is 11.3 Å². The third-order valence-electron chi connectivity index (χ3n) is 4.78. The van der Waals surface area contributed by atoms with Crippen molar-refractivity contribution in [1.29, 1.82) is 0 Å². The van der Waals surface area contributed by atoms with Crippen molar-refractivity contribution in [3.8, 4) is 10.4 Å². The van der Waals surface area contributed by atoms with E-state index in [0.29, 0.717) is 10.2 Å². The Morgan fingerprint density at radius 2 is 2.00 bits per heavy atom. The first kappa shape index (κ1) is 19.5. The minimum atomic E-state index is -0.179. The van der Waals surface area contributed by atoms with Crippen LogP contribution in [0, 0.1) is 0 Å². The molecule has 1 aromatic carbocycles. The van der Waals surface area contributed by atoms with E-state index in [-0.39, 0.29) is 24.1 Å². The molecule has 0 fully saturated rings. The number of hydrogen-bond donors (Lipinski definition) is 1. The Morgan fingerprint density at radius 1 is 1.17 bits per heavy atom. The maximum Gasteiger partial charge on any atom is 0.263 e. The molecule has 0 aliphatic heterocycles. The molecule has 3 aromatic heterocycles. The molecule has 1 N–H and O–H groups in total. The summed E-state index contributed by atoms with van der Waals surface area (Å²) in [6.07, 6.45) is 3.21. The summed E-state index contributed by atoms with van der Waals surface area (Å²) in [5, 5.41) is 7.52. The molecule has 5 nitrogen and oxygen atoms in total. The zero-order valence-corrected chi connectivity index (χ0v) is 17.6. The number of thiophene rings is 2. The fourth-order valence-corrected chi connectivity index (χ4v) is 4.99. The third-order valence-corrected chi connectivity index (χ3v) is 6.57. The minimum absolute atomic E-state index is 0.0259. The predicted octanol–water partition coefficient (Wildman–Crippen LogP) is 4.32. The lowest BCUT2D eigenvalue weighted by molar-refractivity contribution is -0.122. The molecule has 0 aliphatic rings. The molecule has 0 radical (unpaired) electrons. The molecule has 7 heteroatoms. The SMILES string of the molecule is C[C@H](CCc1ccccc1)NC(=O)Cn1cnc2scc(-c3cccs3)c2c1=O. The average Bonchev–Trinajstić information content (AvgIpc) is 3.39. The van der Waals surface area contributed by atoms with Crippen LogP contribution in [0.25, 0.3) is 20.7 Å². The Bertz CT molecular complexity index is 1160. The van der Waals surface area contributed by atoms with Crippen molar-refractivity contribution in [2.75, 3.05) is 0 Å². The number of carbonyl (C=O) groups is 1. The Hall–Kier alpha value is -2.77. The van der Waals surface area contributed by atoms with Gasteiger partial charge in [0, 0.05) is 21.9 Å². The zero-order chi connectivity index (χ0) is 20.2. The first-order valence-corrected chi connectivity index (χ1v) is 11.2. The van der Waals surface area contributed by atoms with Crippen molar-refractivity contribution < 1.29 is 4.79 Å². The highest BCUT2D eigenvalue weighted by molar-refractivity contribution is 7.18. The van der Waals surface area contributed by atoms with Gasteiger partial charge in [-0.25, -0.2) is 4.98 Å². The van der Waals surface area contributed by atoms with Crippen LogP contribution in [-0.4, -0.2) is 21.5 Å². The van der Waals surface area contributed by atoms with Crippen LogP contribution < -0.4 is 10.9 Å². The summed E-state index contributed by atoms with van der Waals surface area (Å²) in [4.78, 5) is 31.6. The minimum Gasteiger partial charge on any atom is -0.352 e. The van der Waals surface area contributed by atoms with Crippen molar-refractivity contribution in [3.63, 3.8) is 0 Å². The molecule has 4 aromatic rings. The van der Waals surface area contributed by atoms with E-state index in [0.717, 1.165) is 23.3 Å². The fourth-order valence-electron chi connectivity index (χ4n) is 3.27. The maximum absolute atomic E-state index is 13.0. The van der Waals surface area contributed by atoms with Gasteiger partial charge in [0.25, 0.3) is 5.56 Å². The highest BCUT2D eigenvalue weighted by atomic mass is 32.1. The normalized spacial score (nSPS) is 12.2. The molecule has 0 saturated carbocycles. The molecule has 29 heavy (non-hydrogen) atoms. The van der Waals surface area contributed by atoms with E-state index in [1.807, 2.05) is 48.0 Å². The molecule has 0 bridgehead atoms. The number of benzene rings is 1. The highest BCUT2D eigenvalue weighted by Gasteiger charge is 2.16.